The van der Waals surface area contributed by atoms with E-state index >= 15 is 0 Å². The molecule has 0 unspecified atom stereocenters. The van der Waals surface area contributed by atoms with Crippen LogP contribution in [0.4, 0.5) is 10.1 Å². The van der Waals surface area contributed by atoms with E-state index in [9.17, 15) is 9.18 Å². The van der Waals surface area contributed by atoms with Gasteiger partial charge in [0.2, 0.25) is 0 Å². The number of amides is 1. The van der Waals surface area contributed by atoms with Crippen LogP contribution in [0, 0.1) is 17.7 Å². The van der Waals surface area contributed by atoms with E-state index in [-0.39, 0.29) is 12.1 Å². The molecule has 2 rings (SSSR count). The fourth-order valence-corrected chi connectivity index (χ4v) is 1.83. The number of anilines is 1. The summed E-state index contributed by atoms with van der Waals surface area (Å²) in [5.74, 6) is 4.42. The number of carbonyl (C=O) groups excluding carboxylic acids is 1. The summed E-state index contributed by atoms with van der Waals surface area (Å²) in [6.45, 7) is 0.284. The van der Waals surface area contributed by atoms with E-state index in [4.69, 9.17) is 17.3 Å². The van der Waals surface area contributed by atoms with Gasteiger partial charge in [-0.3, -0.25) is 4.79 Å². The summed E-state index contributed by atoms with van der Waals surface area (Å²) in [5, 5.41) is 2.90. The van der Waals surface area contributed by atoms with Crippen LogP contribution in [0.2, 0.25) is 5.02 Å². The zero-order valence-electron chi connectivity index (χ0n) is 11.0. The molecule has 5 heteroatoms. The Kier molecular flexibility index (Phi) is 4.94. The molecule has 0 bridgehead atoms. The molecule has 0 saturated heterocycles. The molecule has 3 nitrogen and oxygen atoms in total. The lowest BCUT2D eigenvalue weighted by molar-refractivity contribution is 0.102. The van der Waals surface area contributed by atoms with Gasteiger partial charge >= 0.3 is 0 Å². The maximum atomic E-state index is 13.6. The van der Waals surface area contributed by atoms with Crippen LogP contribution in [0.15, 0.2) is 42.5 Å². The number of rotatable bonds is 2. The minimum atomic E-state index is -0.623. The highest BCUT2D eigenvalue weighted by Crippen LogP contribution is 2.17. The number of hydrogen-bond acceptors (Lipinski definition) is 2. The van der Waals surface area contributed by atoms with Crippen LogP contribution in [-0.2, 0) is 0 Å². The first-order valence-electron chi connectivity index (χ1n) is 6.15. The zero-order valence-corrected chi connectivity index (χ0v) is 11.7. The predicted molar refractivity (Wildman–Crippen MR) is 81.7 cm³/mol. The molecule has 0 aliphatic carbocycles. The Labute approximate surface area is 126 Å². The van der Waals surface area contributed by atoms with Gasteiger partial charge in [-0.05, 0) is 42.5 Å². The third kappa shape index (κ3) is 4.06. The molecule has 0 aliphatic rings. The summed E-state index contributed by atoms with van der Waals surface area (Å²) in [7, 11) is 0. The molecule has 0 spiro atoms. The van der Waals surface area contributed by atoms with E-state index in [1.54, 1.807) is 24.3 Å². The molecule has 106 valence electrons. The lowest BCUT2D eigenvalue weighted by Crippen LogP contribution is -2.13. The van der Waals surface area contributed by atoms with Gasteiger partial charge in [-0.25, -0.2) is 4.39 Å². The van der Waals surface area contributed by atoms with Crippen LogP contribution in [0.25, 0.3) is 0 Å². The number of nitrogens with two attached hydrogens (primary N) is 1. The summed E-state index contributed by atoms with van der Waals surface area (Å²) >= 11 is 5.76. The topological polar surface area (TPSA) is 55.1 Å². The van der Waals surface area contributed by atoms with Gasteiger partial charge < -0.3 is 11.1 Å². The van der Waals surface area contributed by atoms with Crippen LogP contribution < -0.4 is 11.1 Å². The van der Waals surface area contributed by atoms with E-state index in [1.165, 1.54) is 12.1 Å². The molecule has 2 aromatic carbocycles. The first kappa shape index (κ1) is 15.0. The second-order valence-corrected chi connectivity index (χ2v) is 4.60. The fourth-order valence-electron chi connectivity index (χ4n) is 1.66. The van der Waals surface area contributed by atoms with Crippen molar-refractivity contribution in [1.29, 1.82) is 0 Å². The number of nitrogens with one attached hydrogen (secondary N) is 1. The Hall–Kier alpha value is -2.35. The van der Waals surface area contributed by atoms with Crippen molar-refractivity contribution in [3.05, 3.63) is 64.4 Å². The molecule has 1 amide bonds. The quantitative estimate of drug-likeness (QED) is 0.838. The average molecular weight is 303 g/mol. The lowest BCUT2D eigenvalue weighted by atomic mass is 10.1. The van der Waals surface area contributed by atoms with Crippen molar-refractivity contribution in [2.75, 3.05) is 11.9 Å². The van der Waals surface area contributed by atoms with Gasteiger partial charge in [0.15, 0.2) is 0 Å². The standard InChI is InChI=1S/C16H12ClFN2O/c17-12-5-8-15(18)14(10-12)16(21)20-13-6-3-11(4-7-13)2-1-9-19/h3-8,10H,9,19H2,(H,20,21). The number of hydrogen-bond donors (Lipinski definition) is 2. The van der Waals surface area contributed by atoms with Crippen LogP contribution in [0.5, 0.6) is 0 Å². The summed E-state index contributed by atoms with van der Waals surface area (Å²) in [6.07, 6.45) is 0. The van der Waals surface area contributed by atoms with Gasteiger partial charge in [0.25, 0.3) is 5.91 Å². The SMILES string of the molecule is NCC#Cc1ccc(NC(=O)c2cc(Cl)ccc2F)cc1. The second kappa shape index (κ2) is 6.89. The molecular formula is C16H12ClFN2O. The van der Waals surface area contributed by atoms with E-state index in [0.29, 0.717) is 10.7 Å². The molecular weight excluding hydrogens is 291 g/mol. The minimum absolute atomic E-state index is 0.102. The molecule has 0 atom stereocenters. The Morgan fingerprint density at radius 2 is 1.95 bits per heavy atom. The summed E-state index contributed by atoms with van der Waals surface area (Å²) in [5.41, 5.74) is 6.51. The van der Waals surface area contributed by atoms with E-state index < -0.39 is 11.7 Å². The van der Waals surface area contributed by atoms with Crippen molar-refractivity contribution in [2.45, 2.75) is 0 Å². The van der Waals surface area contributed by atoms with E-state index in [2.05, 4.69) is 17.2 Å². The maximum absolute atomic E-state index is 13.6. The first-order valence-corrected chi connectivity index (χ1v) is 6.53. The second-order valence-electron chi connectivity index (χ2n) is 4.16. The monoisotopic (exact) mass is 302 g/mol. The van der Waals surface area contributed by atoms with Crippen LogP contribution in [0.3, 0.4) is 0 Å². The summed E-state index contributed by atoms with van der Waals surface area (Å²) < 4.78 is 13.6. The van der Waals surface area contributed by atoms with Gasteiger partial charge in [0.1, 0.15) is 5.82 Å². The zero-order chi connectivity index (χ0) is 15.2. The van der Waals surface area contributed by atoms with Gasteiger partial charge in [-0.1, -0.05) is 23.4 Å². The van der Waals surface area contributed by atoms with Gasteiger partial charge in [-0.15, -0.1) is 0 Å². The third-order valence-corrected chi connectivity index (χ3v) is 2.89. The van der Waals surface area contributed by atoms with Crippen molar-refractivity contribution in [3.63, 3.8) is 0 Å². The highest BCUT2D eigenvalue weighted by Gasteiger charge is 2.12. The van der Waals surface area contributed by atoms with Crippen molar-refractivity contribution in [3.8, 4) is 11.8 Å². The first-order chi connectivity index (χ1) is 10.1. The van der Waals surface area contributed by atoms with Crippen molar-refractivity contribution >= 4 is 23.2 Å². The highest BCUT2D eigenvalue weighted by atomic mass is 35.5. The Bertz CT molecular complexity index is 717. The maximum Gasteiger partial charge on any atom is 0.258 e. The average Bonchev–Trinajstić information content (AvgIpc) is 2.49. The van der Waals surface area contributed by atoms with Gasteiger partial charge in [0, 0.05) is 16.3 Å². The summed E-state index contributed by atoms with van der Waals surface area (Å²) in [6, 6.07) is 10.7. The molecule has 21 heavy (non-hydrogen) atoms. The van der Waals surface area contributed by atoms with Crippen LogP contribution in [-0.4, -0.2) is 12.5 Å². The van der Waals surface area contributed by atoms with Gasteiger partial charge in [-0.2, -0.15) is 0 Å². The Morgan fingerprint density at radius 3 is 2.62 bits per heavy atom. The normalized spacial score (nSPS) is 9.67. The Balaban J connectivity index is 2.14. The highest BCUT2D eigenvalue weighted by molar-refractivity contribution is 6.31. The molecule has 0 saturated carbocycles. The molecule has 0 heterocycles. The number of benzene rings is 2. The molecule has 0 aliphatic heterocycles. The molecule has 0 aromatic heterocycles. The number of carbonyl (C=O) groups is 1. The molecule has 2 aromatic rings. The lowest BCUT2D eigenvalue weighted by Gasteiger charge is -2.06. The molecule has 3 N–H and O–H groups in total. The molecule has 0 fully saturated rings. The van der Waals surface area contributed by atoms with Crippen molar-refractivity contribution in [1.82, 2.24) is 0 Å². The van der Waals surface area contributed by atoms with Crippen LogP contribution >= 0.6 is 11.6 Å². The van der Waals surface area contributed by atoms with Crippen molar-refractivity contribution < 1.29 is 9.18 Å². The fraction of sp³-hybridized carbons (Fsp3) is 0.0625. The van der Waals surface area contributed by atoms with Gasteiger partial charge in [0.05, 0.1) is 12.1 Å². The third-order valence-electron chi connectivity index (χ3n) is 2.65. The predicted octanol–water partition coefficient (Wildman–Crippen LogP) is 3.04. The van der Waals surface area contributed by atoms with Crippen molar-refractivity contribution in [2.24, 2.45) is 5.73 Å². The molecule has 0 radical (unpaired) electrons. The summed E-state index contributed by atoms with van der Waals surface area (Å²) in [4.78, 5) is 12.0. The largest absolute Gasteiger partial charge is 0.322 e. The minimum Gasteiger partial charge on any atom is -0.322 e. The van der Waals surface area contributed by atoms with E-state index in [0.717, 1.165) is 11.6 Å². The Morgan fingerprint density at radius 1 is 1.24 bits per heavy atom. The smallest absolute Gasteiger partial charge is 0.258 e. The number of halogens is 2. The van der Waals surface area contributed by atoms with Crippen LogP contribution in [0.1, 0.15) is 15.9 Å². The van der Waals surface area contributed by atoms with E-state index in [1.807, 2.05) is 0 Å².